The smallest absolute Gasteiger partial charge is 0.267 e. The summed E-state index contributed by atoms with van der Waals surface area (Å²) in [6, 6.07) is 0. The first-order valence-corrected chi connectivity index (χ1v) is 3.08. The third-order valence-corrected chi connectivity index (χ3v) is 1.50. The summed E-state index contributed by atoms with van der Waals surface area (Å²) >= 11 is 0. The summed E-state index contributed by atoms with van der Waals surface area (Å²) in [5.41, 5.74) is -1.01. The first-order valence-electron chi connectivity index (χ1n) is 3.08. The number of aromatic hydroxyl groups is 1. The molecule has 0 bridgehead atoms. The van der Waals surface area contributed by atoms with Crippen LogP contribution in [-0.2, 0) is 0 Å². The first kappa shape index (κ1) is 6.99. The second kappa shape index (κ2) is 1.94. The zero-order chi connectivity index (χ0) is 7.89. The van der Waals surface area contributed by atoms with Gasteiger partial charge in [0.05, 0.1) is 5.56 Å². The summed E-state index contributed by atoms with van der Waals surface area (Å²) in [6.07, 6.45) is 0. The molecule has 1 rings (SSSR count). The minimum atomic E-state index is -0.747. The van der Waals surface area contributed by atoms with Gasteiger partial charge >= 0.3 is 0 Å². The van der Waals surface area contributed by atoms with Crippen LogP contribution in [0.2, 0.25) is 0 Å². The Morgan fingerprint density at radius 1 is 1.20 bits per heavy atom. The third-order valence-electron chi connectivity index (χ3n) is 1.50. The van der Waals surface area contributed by atoms with E-state index in [0.717, 1.165) is 0 Å². The highest BCUT2D eigenvalue weighted by atomic mass is 16.3. The molecule has 3 nitrogen and oxygen atoms in total. The molecule has 1 aromatic carbocycles. The fraction of sp³-hybridized carbons (Fsp3) is 0.429. The van der Waals surface area contributed by atoms with Gasteiger partial charge in [0.1, 0.15) is 0 Å². The lowest BCUT2D eigenvalue weighted by Gasteiger charge is -2.06. The molecular formula is C7H8O3. The fourth-order valence-corrected chi connectivity index (χ4v) is 0.933. The topological polar surface area (TPSA) is 54.4 Å². The molecule has 0 atom stereocenters. The zero-order valence-electron chi connectivity index (χ0n) is 5.84. The van der Waals surface area contributed by atoms with Crippen LogP contribution < -0.4 is 10.9 Å². The molecule has 3 heteroatoms. The molecule has 1 aromatic rings. The maximum Gasteiger partial charge on any atom is 0.267 e. The van der Waals surface area contributed by atoms with E-state index in [9.17, 15) is 9.59 Å². The van der Waals surface area contributed by atoms with E-state index >= 15 is 0 Å². The molecule has 0 saturated heterocycles. The van der Waals surface area contributed by atoms with Crippen molar-refractivity contribution in [3.8, 4) is 5.75 Å². The summed E-state index contributed by atoms with van der Waals surface area (Å²) in [7, 11) is 0. The van der Waals surface area contributed by atoms with Crippen LogP contribution >= 0.6 is 0 Å². The second-order valence-electron chi connectivity index (χ2n) is 2.58. The van der Waals surface area contributed by atoms with Gasteiger partial charge in [-0.25, -0.2) is 0 Å². The molecule has 0 aliphatic rings. The predicted molar refractivity (Wildman–Crippen MR) is 37.1 cm³/mol. The lowest BCUT2D eigenvalue weighted by Crippen LogP contribution is -2.34. The van der Waals surface area contributed by atoms with Crippen molar-refractivity contribution >= 4 is 0 Å². The van der Waals surface area contributed by atoms with Crippen LogP contribution in [0.4, 0.5) is 0 Å². The number of hydrogen-bond acceptors (Lipinski definition) is 3. The van der Waals surface area contributed by atoms with E-state index in [-0.39, 0.29) is 17.2 Å². The SMILES string of the molecule is CC(C)c1c(O)c(=O)c1=O. The van der Waals surface area contributed by atoms with Gasteiger partial charge in [-0.05, 0) is 5.92 Å². The summed E-state index contributed by atoms with van der Waals surface area (Å²) < 4.78 is 0. The molecule has 10 heavy (non-hydrogen) atoms. The average molecular weight is 140 g/mol. The van der Waals surface area contributed by atoms with Gasteiger partial charge in [-0.1, -0.05) is 13.8 Å². The Kier molecular flexibility index (Phi) is 1.35. The van der Waals surface area contributed by atoms with Gasteiger partial charge < -0.3 is 5.11 Å². The van der Waals surface area contributed by atoms with Gasteiger partial charge in [0, 0.05) is 0 Å². The molecule has 54 valence electrons. The van der Waals surface area contributed by atoms with Gasteiger partial charge in [0.25, 0.3) is 5.43 Å². The molecular weight excluding hydrogens is 132 g/mol. The summed E-state index contributed by atoms with van der Waals surface area (Å²) in [5, 5.41) is 8.83. The summed E-state index contributed by atoms with van der Waals surface area (Å²) in [6.45, 7) is 3.52. The first-order chi connectivity index (χ1) is 4.55. The van der Waals surface area contributed by atoms with E-state index in [2.05, 4.69) is 0 Å². The van der Waals surface area contributed by atoms with Crippen LogP contribution in [0, 0.1) is 0 Å². The van der Waals surface area contributed by atoms with Gasteiger partial charge in [0.2, 0.25) is 5.43 Å². The Balaban J connectivity index is 3.23. The minimum Gasteiger partial charge on any atom is -0.504 e. The third kappa shape index (κ3) is 0.667. The zero-order valence-corrected chi connectivity index (χ0v) is 5.84. The Morgan fingerprint density at radius 3 is 1.90 bits per heavy atom. The van der Waals surface area contributed by atoms with E-state index < -0.39 is 10.9 Å². The lowest BCUT2D eigenvalue weighted by atomic mass is 9.98. The van der Waals surface area contributed by atoms with E-state index in [1.807, 2.05) is 0 Å². The highest BCUT2D eigenvalue weighted by molar-refractivity contribution is 5.39. The Labute approximate surface area is 57.6 Å². The predicted octanol–water partition coefficient (Wildman–Crippen LogP) is 0.112. The molecule has 0 saturated carbocycles. The highest BCUT2D eigenvalue weighted by Crippen LogP contribution is 2.18. The van der Waals surface area contributed by atoms with Crippen molar-refractivity contribution in [3.63, 3.8) is 0 Å². The van der Waals surface area contributed by atoms with Gasteiger partial charge in [0.15, 0.2) is 5.75 Å². The van der Waals surface area contributed by atoms with Crippen molar-refractivity contribution in [2.45, 2.75) is 19.8 Å². The van der Waals surface area contributed by atoms with Gasteiger partial charge in [-0.2, -0.15) is 0 Å². The molecule has 0 spiro atoms. The Morgan fingerprint density at radius 2 is 1.70 bits per heavy atom. The van der Waals surface area contributed by atoms with Crippen molar-refractivity contribution in [2.24, 2.45) is 0 Å². The minimum absolute atomic E-state index is 0.0507. The van der Waals surface area contributed by atoms with Crippen LogP contribution in [0.25, 0.3) is 0 Å². The molecule has 0 amide bonds. The summed E-state index contributed by atoms with van der Waals surface area (Å²) in [4.78, 5) is 21.1. The summed E-state index contributed by atoms with van der Waals surface area (Å²) in [5.74, 6) is -0.398. The molecule has 0 radical (unpaired) electrons. The Hall–Kier alpha value is -1.12. The lowest BCUT2D eigenvalue weighted by molar-refractivity contribution is 0.449. The van der Waals surface area contributed by atoms with Crippen molar-refractivity contribution in [1.82, 2.24) is 0 Å². The van der Waals surface area contributed by atoms with Crippen LogP contribution in [0.5, 0.6) is 5.75 Å². The second-order valence-corrected chi connectivity index (χ2v) is 2.58. The van der Waals surface area contributed by atoms with Crippen molar-refractivity contribution in [3.05, 3.63) is 26.0 Å². The molecule has 0 heterocycles. The molecule has 0 fully saturated rings. The maximum absolute atomic E-state index is 10.6. The standard InChI is InChI=1S/C7H8O3/c1-3(2)4-5(8)7(10)6(4)9/h3,8H,1-2H3. The Bertz CT molecular complexity index is 315. The normalized spacial score (nSPS) is 11.1. The van der Waals surface area contributed by atoms with Gasteiger partial charge in [-0.15, -0.1) is 0 Å². The van der Waals surface area contributed by atoms with Crippen molar-refractivity contribution in [1.29, 1.82) is 0 Å². The molecule has 0 aliphatic heterocycles. The van der Waals surface area contributed by atoms with Crippen LogP contribution in [0.15, 0.2) is 9.59 Å². The van der Waals surface area contributed by atoms with Gasteiger partial charge in [-0.3, -0.25) is 9.59 Å². The maximum atomic E-state index is 10.6. The van der Waals surface area contributed by atoms with E-state index in [1.165, 1.54) is 0 Å². The van der Waals surface area contributed by atoms with Crippen LogP contribution in [-0.4, -0.2) is 5.11 Å². The molecule has 0 unspecified atom stereocenters. The highest BCUT2D eigenvalue weighted by Gasteiger charge is 2.21. The van der Waals surface area contributed by atoms with E-state index in [1.54, 1.807) is 13.8 Å². The van der Waals surface area contributed by atoms with E-state index in [0.29, 0.717) is 0 Å². The number of rotatable bonds is 1. The molecule has 0 aliphatic carbocycles. The van der Waals surface area contributed by atoms with Crippen LogP contribution in [0.3, 0.4) is 0 Å². The van der Waals surface area contributed by atoms with E-state index in [4.69, 9.17) is 5.11 Å². The number of hydrogen-bond donors (Lipinski definition) is 1. The van der Waals surface area contributed by atoms with Crippen molar-refractivity contribution in [2.75, 3.05) is 0 Å². The molecule has 0 aromatic heterocycles. The van der Waals surface area contributed by atoms with Crippen LogP contribution in [0.1, 0.15) is 25.3 Å². The molecule has 1 N–H and O–H groups in total. The quantitative estimate of drug-likeness (QED) is 0.563. The largest absolute Gasteiger partial charge is 0.504 e. The average Bonchev–Trinajstić information content (AvgIpc) is 1.87. The van der Waals surface area contributed by atoms with Crippen molar-refractivity contribution < 1.29 is 5.11 Å². The monoisotopic (exact) mass is 140 g/mol. The fourth-order valence-electron chi connectivity index (χ4n) is 0.933.